The zero-order chi connectivity index (χ0) is 25.3. The molecule has 0 radical (unpaired) electrons. The van der Waals surface area contributed by atoms with Crippen LogP contribution >= 0.6 is 0 Å². The Labute approximate surface area is 201 Å². The molecule has 4 aliphatic rings. The van der Waals surface area contributed by atoms with Gasteiger partial charge in [-0.1, -0.05) is 13.0 Å². The molecule has 3 aliphatic carbocycles. The second-order valence-corrected chi connectivity index (χ2v) is 10.2. The molecule has 1 spiro atoms. The zero-order valence-electron chi connectivity index (χ0n) is 19.5. The van der Waals surface area contributed by atoms with Crippen molar-refractivity contribution in [3.8, 4) is 11.5 Å². The van der Waals surface area contributed by atoms with Crippen LogP contribution in [0, 0.1) is 11.8 Å². The molecule has 5 N–H and O–H groups in total. The fraction of sp³-hybridized carbons (Fsp3) is 0.560. The highest BCUT2D eigenvalue weighted by Gasteiger charge is 2.71. The maximum Gasteiger partial charge on any atom is 0.326 e. The van der Waals surface area contributed by atoms with Crippen LogP contribution in [0.15, 0.2) is 24.0 Å². The van der Waals surface area contributed by atoms with Gasteiger partial charge in [0.15, 0.2) is 17.6 Å². The molecule has 35 heavy (non-hydrogen) atoms. The average molecular weight is 488 g/mol. The molecule has 2 bridgehead atoms. The summed E-state index contributed by atoms with van der Waals surface area (Å²) in [5, 5.41) is 43.5. The van der Waals surface area contributed by atoms with E-state index in [-0.39, 0.29) is 35.5 Å². The number of aliphatic hydroxyl groups excluding tert-OH is 1. The van der Waals surface area contributed by atoms with Gasteiger partial charge in [0.25, 0.3) is 0 Å². The topological polar surface area (TPSA) is 163 Å². The fourth-order valence-corrected chi connectivity index (χ4v) is 6.65. The maximum atomic E-state index is 12.8. The number of aliphatic carboxylic acids is 1. The van der Waals surface area contributed by atoms with Crippen molar-refractivity contribution in [2.24, 2.45) is 11.8 Å². The Morgan fingerprint density at radius 2 is 2.06 bits per heavy atom. The average Bonchev–Trinajstić information content (AvgIpc) is 3.15. The Balaban J connectivity index is 1.46. The van der Waals surface area contributed by atoms with Crippen molar-refractivity contribution in [2.75, 3.05) is 0 Å². The van der Waals surface area contributed by atoms with Crippen LogP contribution in [-0.4, -0.2) is 62.1 Å². The minimum Gasteiger partial charge on any atom is -0.504 e. The number of phenols is 1. The van der Waals surface area contributed by atoms with Gasteiger partial charge in [0.1, 0.15) is 17.9 Å². The molecule has 1 aliphatic heterocycles. The van der Waals surface area contributed by atoms with Crippen LogP contribution in [0.3, 0.4) is 0 Å². The SMILES string of the molecule is CC1CC[C@]23c4c5ccc(O)c4O[C@H]2C(OC(=O)C[C@H](NC(=O)[C@H](C)O)C(=O)O)=CC[C@@]3(O)[C@H]1C5. The summed E-state index contributed by atoms with van der Waals surface area (Å²) in [6.07, 6.45) is 0.928. The van der Waals surface area contributed by atoms with E-state index in [1.165, 1.54) is 6.92 Å². The van der Waals surface area contributed by atoms with Gasteiger partial charge in [0.2, 0.25) is 5.91 Å². The standard InChI is InChI=1S/C25H29NO9/c1-11-5-7-24-19-13-3-4-16(28)20(19)35-21(24)17(6-8-25(24,33)14(11)9-13)34-18(29)10-15(23(31)32)26-22(30)12(2)27/h3-4,6,11-12,14-15,21,27-28,33H,5,7-10H2,1-2H3,(H,26,30)(H,31,32)/t11?,12-,14-,15-,21-,24-,25+/m0/s1. The molecule has 5 rings (SSSR count). The summed E-state index contributed by atoms with van der Waals surface area (Å²) in [6.45, 7) is 3.31. The summed E-state index contributed by atoms with van der Waals surface area (Å²) in [6, 6.07) is 1.85. The van der Waals surface area contributed by atoms with Gasteiger partial charge >= 0.3 is 11.9 Å². The van der Waals surface area contributed by atoms with E-state index in [1.807, 2.05) is 6.07 Å². The van der Waals surface area contributed by atoms with E-state index in [2.05, 4.69) is 12.2 Å². The van der Waals surface area contributed by atoms with E-state index in [0.29, 0.717) is 12.8 Å². The fourth-order valence-electron chi connectivity index (χ4n) is 6.65. The molecule has 0 saturated heterocycles. The smallest absolute Gasteiger partial charge is 0.326 e. The lowest BCUT2D eigenvalue weighted by Gasteiger charge is -2.61. The Morgan fingerprint density at radius 3 is 2.74 bits per heavy atom. The predicted octanol–water partition coefficient (Wildman–Crippen LogP) is 0.895. The lowest BCUT2D eigenvalue weighted by molar-refractivity contribution is -0.171. The van der Waals surface area contributed by atoms with Crippen LogP contribution < -0.4 is 10.1 Å². The second kappa shape index (κ2) is 7.96. The van der Waals surface area contributed by atoms with Crippen LogP contribution in [0.25, 0.3) is 0 Å². The molecule has 1 aromatic carbocycles. The maximum absolute atomic E-state index is 12.8. The van der Waals surface area contributed by atoms with Crippen LogP contribution in [0.4, 0.5) is 0 Å². The first kappa shape index (κ1) is 23.6. The molecule has 1 amide bonds. The van der Waals surface area contributed by atoms with Crippen molar-refractivity contribution >= 4 is 17.8 Å². The highest BCUT2D eigenvalue weighted by Crippen LogP contribution is 2.68. The summed E-state index contributed by atoms with van der Waals surface area (Å²) in [5.74, 6) is -2.65. The summed E-state index contributed by atoms with van der Waals surface area (Å²) >= 11 is 0. The molecule has 10 heteroatoms. The minimum absolute atomic E-state index is 0.0362. The molecule has 10 nitrogen and oxygen atoms in total. The number of nitrogens with one attached hydrogen (secondary N) is 1. The number of phenolic OH excluding ortho intramolecular Hbond substituents is 1. The van der Waals surface area contributed by atoms with Crippen LogP contribution in [0.5, 0.6) is 11.5 Å². The highest BCUT2D eigenvalue weighted by atomic mass is 16.6. The monoisotopic (exact) mass is 487 g/mol. The van der Waals surface area contributed by atoms with Crippen molar-refractivity contribution in [3.63, 3.8) is 0 Å². The molecule has 188 valence electrons. The van der Waals surface area contributed by atoms with Crippen molar-refractivity contribution in [1.82, 2.24) is 5.32 Å². The first-order valence-corrected chi connectivity index (χ1v) is 11.9. The number of carbonyl (C=O) groups excluding carboxylic acids is 2. The summed E-state index contributed by atoms with van der Waals surface area (Å²) in [5.41, 5.74) is -0.280. The third-order valence-corrected chi connectivity index (χ3v) is 8.33. The molecular weight excluding hydrogens is 458 g/mol. The number of aromatic hydroxyl groups is 1. The zero-order valence-corrected chi connectivity index (χ0v) is 19.5. The number of carbonyl (C=O) groups is 3. The van der Waals surface area contributed by atoms with E-state index in [4.69, 9.17) is 9.47 Å². The van der Waals surface area contributed by atoms with Crippen molar-refractivity contribution in [2.45, 2.75) is 75.2 Å². The second-order valence-electron chi connectivity index (χ2n) is 10.2. The van der Waals surface area contributed by atoms with E-state index in [9.17, 15) is 34.8 Å². The quantitative estimate of drug-likeness (QED) is 0.367. The molecule has 1 saturated carbocycles. The van der Waals surface area contributed by atoms with Gasteiger partial charge in [-0.2, -0.15) is 0 Å². The van der Waals surface area contributed by atoms with Gasteiger partial charge in [0.05, 0.1) is 17.4 Å². The van der Waals surface area contributed by atoms with Gasteiger partial charge in [-0.3, -0.25) is 9.59 Å². The molecular formula is C25H29NO9. The first-order chi connectivity index (χ1) is 16.5. The molecule has 7 atom stereocenters. The highest BCUT2D eigenvalue weighted by molar-refractivity contribution is 5.88. The molecule has 0 aromatic heterocycles. The van der Waals surface area contributed by atoms with E-state index >= 15 is 0 Å². The lowest BCUT2D eigenvalue weighted by atomic mass is 9.45. The number of carboxylic acids is 1. The molecule has 1 fully saturated rings. The van der Waals surface area contributed by atoms with Gasteiger partial charge in [-0.15, -0.1) is 0 Å². The number of benzene rings is 1. The third kappa shape index (κ3) is 3.26. The molecule has 1 aromatic rings. The Kier molecular flexibility index (Phi) is 5.37. The first-order valence-electron chi connectivity index (χ1n) is 11.9. The Morgan fingerprint density at radius 1 is 1.31 bits per heavy atom. The van der Waals surface area contributed by atoms with E-state index in [0.717, 1.165) is 17.5 Å². The summed E-state index contributed by atoms with van der Waals surface area (Å²) < 4.78 is 11.8. The Hall–Kier alpha value is -3.11. The summed E-state index contributed by atoms with van der Waals surface area (Å²) in [4.78, 5) is 36.0. The number of hydrogen-bond acceptors (Lipinski definition) is 8. The number of ether oxygens (including phenoxy) is 2. The summed E-state index contributed by atoms with van der Waals surface area (Å²) in [7, 11) is 0. The van der Waals surface area contributed by atoms with Gasteiger partial charge in [0, 0.05) is 5.56 Å². The number of rotatable bonds is 6. The largest absolute Gasteiger partial charge is 0.504 e. The molecule has 1 heterocycles. The lowest BCUT2D eigenvalue weighted by Crippen LogP contribution is -2.69. The van der Waals surface area contributed by atoms with E-state index in [1.54, 1.807) is 12.1 Å². The normalized spacial score (nSPS) is 33.5. The van der Waals surface area contributed by atoms with Crippen molar-refractivity contribution < 1.29 is 44.3 Å². The number of esters is 1. The number of carboxylic acid groups (broad SMARTS) is 1. The van der Waals surface area contributed by atoms with Gasteiger partial charge < -0.3 is 35.2 Å². The third-order valence-electron chi connectivity index (χ3n) is 8.33. The van der Waals surface area contributed by atoms with Crippen molar-refractivity contribution in [1.29, 1.82) is 0 Å². The number of amides is 1. The van der Waals surface area contributed by atoms with Gasteiger partial charge in [-0.25, -0.2) is 4.79 Å². The van der Waals surface area contributed by atoms with Crippen molar-refractivity contribution in [3.05, 3.63) is 35.1 Å². The van der Waals surface area contributed by atoms with Gasteiger partial charge in [-0.05, 0) is 62.1 Å². The number of hydrogen-bond donors (Lipinski definition) is 5. The minimum atomic E-state index is -1.59. The Bertz CT molecular complexity index is 1140. The van der Waals surface area contributed by atoms with E-state index < -0.39 is 53.5 Å². The molecule has 1 unspecified atom stereocenters. The number of aliphatic hydroxyl groups is 2. The van der Waals surface area contributed by atoms with Crippen LogP contribution in [0.1, 0.15) is 50.7 Å². The predicted molar refractivity (Wildman–Crippen MR) is 119 cm³/mol. The van der Waals surface area contributed by atoms with Crippen LogP contribution in [-0.2, 0) is 31.0 Å². The van der Waals surface area contributed by atoms with Crippen LogP contribution in [0.2, 0.25) is 0 Å².